The maximum absolute atomic E-state index is 13.2. The molecule has 1 unspecified atom stereocenters. The van der Waals surface area contributed by atoms with Crippen molar-refractivity contribution in [3.8, 4) is 0 Å². The Kier molecular flexibility index (Phi) is 3.29. The molecule has 112 valence electrons. The number of rotatable bonds is 2. The van der Waals surface area contributed by atoms with E-state index >= 15 is 0 Å². The van der Waals surface area contributed by atoms with E-state index in [2.05, 4.69) is 4.90 Å². The van der Waals surface area contributed by atoms with E-state index < -0.39 is 0 Å². The van der Waals surface area contributed by atoms with Crippen molar-refractivity contribution in [3.05, 3.63) is 0 Å². The van der Waals surface area contributed by atoms with Crippen molar-refractivity contribution in [1.29, 1.82) is 0 Å². The Morgan fingerprint density at radius 2 is 1.70 bits per heavy atom. The van der Waals surface area contributed by atoms with Gasteiger partial charge in [-0.2, -0.15) is 0 Å². The number of halogens is 1. The Labute approximate surface area is 127 Å². The minimum atomic E-state index is 0.0446. The van der Waals surface area contributed by atoms with Crippen molar-refractivity contribution in [3.63, 3.8) is 0 Å². The first-order valence-corrected chi connectivity index (χ1v) is 9.07. The molecule has 5 rings (SSSR count). The van der Waals surface area contributed by atoms with Crippen molar-refractivity contribution in [1.82, 2.24) is 4.90 Å². The molecule has 4 aliphatic carbocycles. The first-order chi connectivity index (χ1) is 9.68. The summed E-state index contributed by atoms with van der Waals surface area (Å²) in [6, 6.07) is 0. The molecular formula is C17H26ClNO. The first kappa shape index (κ1) is 13.4. The van der Waals surface area contributed by atoms with Gasteiger partial charge in [0.2, 0.25) is 5.91 Å². The number of nitrogens with zero attached hydrogens (tertiary/aromatic N) is 1. The molecule has 4 bridgehead atoms. The molecule has 3 heteroatoms. The van der Waals surface area contributed by atoms with Gasteiger partial charge in [0, 0.05) is 19.0 Å². The molecule has 20 heavy (non-hydrogen) atoms. The van der Waals surface area contributed by atoms with Gasteiger partial charge in [0.1, 0.15) is 0 Å². The second-order valence-corrected chi connectivity index (χ2v) is 8.42. The lowest BCUT2D eigenvalue weighted by Crippen LogP contribution is -2.56. The van der Waals surface area contributed by atoms with E-state index in [1.165, 1.54) is 44.9 Å². The number of amides is 1. The van der Waals surface area contributed by atoms with Crippen LogP contribution in [0.25, 0.3) is 0 Å². The van der Waals surface area contributed by atoms with Crippen LogP contribution in [-0.2, 0) is 4.79 Å². The lowest BCUT2D eigenvalue weighted by molar-refractivity contribution is -0.159. The number of hydrogen-bond donors (Lipinski definition) is 0. The van der Waals surface area contributed by atoms with E-state index in [1.54, 1.807) is 0 Å². The summed E-state index contributed by atoms with van der Waals surface area (Å²) in [5.41, 5.74) is 0.0446. The molecule has 0 aromatic rings. The summed E-state index contributed by atoms with van der Waals surface area (Å²) in [4.78, 5) is 15.4. The highest BCUT2D eigenvalue weighted by Crippen LogP contribution is 2.60. The number of hydrogen-bond acceptors (Lipinski definition) is 1. The Bertz CT molecular complexity index is 373. The third kappa shape index (κ3) is 2.10. The van der Waals surface area contributed by atoms with E-state index in [9.17, 15) is 4.79 Å². The lowest BCUT2D eigenvalue weighted by atomic mass is 9.49. The predicted octanol–water partition coefficient (Wildman–Crippen LogP) is 3.68. The fraction of sp³-hybridized carbons (Fsp3) is 0.941. The van der Waals surface area contributed by atoms with E-state index in [1.807, 2.05) is 0 Å². The van der Waals surface area contributed by atoms with Gasteiger partial charge in [0.15, 0.2) is 0 Å². The largest absolute Gasteiger partial charge is 0.342 e. The Hall–Kier alpha value is -0.240. The Balaban J connectivity index is 1.53. The van der Waals surface area contributed by atoms with Crippen LogP contribution in [0.3, 0.4) is 0 Å². The van der Waals surface area contributed by atoms with Gasteiger partial charge in [-0.15, -0.1) is 11.6 Å². The van der Waals surface area contributed by atoms with Crippen LogP contribution in [0.1, 0.15) is 51.4 Å². The lowest BCUT2D eigenvalue weighted by Gasteiger charge is -2.57. The monoisotopic (exact) mass is 295 g/mol. The molecule has 1 amide bonds. The molecule has 1 atom stereocenters. The maximum Gasteiger partial charge on any atom is 0.228 e. The van der Waals surface area contributed by atoms with E-state index in [4.69, 9.17) is 11.6 Å². The molecule has 0 aromatic heterocycles. The van der Waals surface area contributed by atoms with Crippen molar-refractivity contribution >= 4 is 17.5 Å². The second-order valence-electron chi connectivity index (χ2n) is 8.11. The molecule has 1 heterocycles. The summed E-state index contributed by atoms with van der Waals surface area (Å²) in [5.74, 6) is 4.33. The third-order valence-electron chi connectivity index (χ3n) is 6.52. The molecule has 5 fully saturated rings. The van der Waals surface area contributed by atoms with Crippen molar-refractivity contribution in [2.45, 2.75) is 51.4 Å². The fourth-order valence-electron chi connectivity index (χ4n) is 6.08. The van der Waals surface area contributed by atoms with Gasteiger partial charge >= 0.3 is 0 Å². The van der Waals surface area contributed by atoms with Gasteiger partial charge < -0.3 is 4.90 Å². The minimum absolute atomic E-state index is 0.0446. The standard InChI is InChI=1S/C17H26ClNO/c18-10-12-2-1-3-19(11-12)16(20)17-7-13-4-14(8-17)6-15(5-13)9-17/h12-15H,1-11H2. The van der Waals surface area contributed by atoms with Crippen LogP contribution >= 0.6 is 11.6 Å². The summed E-state index contributed by atoms with van der Waals surface area (Å²) >= 11 is 6.03. The number of carbonyl (C=O) groups excluding carboxylic acids is 1. The average Bonchev–Trinajstić information content (AvgIpc) is 2.45. The van der Waals surface area contributed by atoms with Gasteiger partial charge in [-0.3, -0.25) is 4.79 Å². The predicted molar refractivity (Wildman–Crippen MR) is 80.6 cm³/mol. The quantitative estimate of drug-likeness (QED) is 0.712. The minimum Gasteiger partial charge on any atom is -0.342 e. The highest BCUT2D eigenvalue weighted by atomic mass is 35.5. The van der Waals surface area contributed by atoms with Crippen LogP contribution in [0.5, 0.6) is 0 Å². The third-order valence-corrected chi connectivity index (χ3v) is 6.95. The molecule has 0 spiro atoms. The van der Waals surface area contributed by atoms with Crippen LogP contribution in [0.15, 0.2) is 0 Å². The highest BCUT2D eigenvalue weighted by Gasteiger charge is 2.55. The Morgan fingerprint density at radius 1 is 1.10 bits per heavy atom. The van der Waals surface area contributed by atoms with Gasteiger partial charge in [0.25, 0.3) is 0 Å². The summed E-state index contributed by atoms with van der Waals surface area (Å²) in [5, 5.41) is 0. The first-order valence-electron chi connectivity index (χ1n) is 8.54. The molecular weight excluding hydrogens is 270 g/mol. The summed E-state index contributed by atoms with van der Waals surface area (Å²) in [6.45, 7) is 1.90. The van der Waals surface area contributed by atoms with Gasteiger partial charge in [-0.25, -0.2) is 0 Å². The maximum atomic E-state index is 13.2. The van der Waals surface area contributed by atoms with Gasteiger partial charge in [-0.05, 0) is 75.0 Å². The van der Waals surface area contributed by atoms with Crippen molar-refractivity contribution in [2.75, 3.05) is 19.0 Å². The van der Waals surface area contributed by atoms with Crippen LogP contribution in [0.4, 0.5) is 0 Å². The zero-order valence-electron chi connectivity index (χ0n) is 12.3. The average molecular weight is 296 g/mol. The highest BCUT2D eigenvalue weighted by molar-refractivity contribution is 6.18. The fourth-order valence-corrected chi connectivity index (χ4v) is 6.34. The zero-order valence-corrected chi connectivity index (χ0v) is 13.1. The smallest absolute Gasteiger partial charge is 0.228 e. The summed E-state index contributed by atoms with van der Waals surface area (Å²) in [7, 11) is 0. The van der Waals surface area contributed by atoms with Crippen LogP contribution in [-0.4, -0.2) is 29.8 Å². The number of piperidine rings is 1. The molecule has 1 saturated heterocycles. The molecule has 5 aliphatic rings. The summed E-state index contributed by atoms with van der Waals surface area (Å²) < 4.78 is 0. The van der Waals surface area contributed by atoms with Crippen molar-refractivity contribution < 1.29 is 4.79 Å². The van der Waals surface area contributed by atoms with E-state index in [0.717, 1.165) is 37.3 Å². The van der Waals surface area contributed by atoms with Crippen LogP contribution in [0.2, 0.25) is 0 Å². The topological polar surface area (TPSA) is 20.3 Å². The van der Waals surface area contributed by atoms with E-state index in [-0.39, 0.29) is 5.41 Å². The number of alkyl halides is 1. The molecule has 4 saturated carbocycles. The van der Waals surface area contributed by atoms with Crippen LogP contribution < -0.4 is 0 Å². The molecule has 0 N–H and O–H groups in total. The second kappa shape index (κ2) is 4.90. The van der Waals surface area contributed by atoms with Crippen molar-refractivity contribution in [2.24, 2.45) is 29.1 Å². The Morgan fingerprint density at radius 3 is 2.25 bits per heavy atom. The number of likely N-dealkylation sites (tertiary alicyclic amines) is 1. The molecule has 0 radical (unpaired) electrons. The molecule has 1 aliphatic heterocycles. The van der Waals surface area contributed by atoms with Gasteiger partial charge in [-0.1, -0.05) is 0 Å². The van der Waals surface area contributed by atoms with Gasteiger partial charge in [0.05, 0.1) is 5.41 Å². The molecule has 0 aromatic carbocycles. The normalized spacial score (nSPS) is 46.8. The zero-order chi connectivity index (χ0) is 13.7. The molecule has 2 nitrogen and oxygen atoms in total. The van der Waals surface area contributed by atoms with Crippen LogP contribution in [0, 0.1) is 29.1 Å². The van der Waals surface area contributed by atoms with E-state index in [0.29, 0.717) is 17.7 Å². The summed E-state index contributed by atoms with van der Waals surface area (Å²) in [6.07, 6.45) is 10.2. The number of carbonyl (C=O) groups is 1. The SMILES string of the molecule is O=C(N1CCCC(CCl)C1)C12CC3CC(CC(C3)C1)C2.